The van der Waals surface area contributed by atoms with Crippen molar-refractivity contribution < 1.29 is 23.8 Å². The van der Waals surface area contributed by atoms with Crippen LogP contribution in [0, 0.1) is 11.8 Å². The van der Waals surface area contributed by atoms with Crippen molar-refractivity contribution in [3.63, 3.8) is 0 Å². The smallest absolute Gasteiger partial charge is 0.310 e. The minimum Gasteiger partial charge on any atom is -0.477 e. The first-order valence-corrected chi connectivity index (χ1v) is 9.80. The molecular formula is C20H28N2O5. The number of esters is 1. The molecule has 1 atom stereocenters. The van der Waals surface area contributed by atoms with Crippen LogP contribution >= 0.6 is 0 Å². The second kappa shape index (κ2) is 9.69. The van der Waals surface area contributed by atoms with Crippen molar-refractivity contribution in [2.75, 3.05) is 39.5 Å². The molecule has 2 aliphatic heterocycles. The van der Waals surface area contributed by atoms with Gasteiger partial charge in [-0.25, -0.2) is 4.98 Å². The number of nitrogens with zero attached hydrogens (tertiary/aromatic N) is 2. The molecule has 1 amide bonds. The zero-order valence-electron chi connectivity index (χ0n) is 15.9. The highest BCUT2D eigenvalue weighted by Crippen LogP contribution is 2.21. The zero-order valence-corrected chi connectivity index (χ0v) is 15.9. The predicted molar refractivity (Wildman–Crippen MR) is 98.5 cm³/mol. The highest BCUT2D eigenvalue weighted by Gasteiger charge is 2.29. The third-order valence-corrected chi connectivity index (χ3v) is 5.12. The van der Waals surface area contributed by atoms with Crippen LogP contribution in [0.15, 0.2) is 18.3 Å². The molecule has 2 saturated heterocycles. The lowest BCUT2D eigenvalue weighted by Crippen LogP contribution is -2.42. The summed E-state index contributed by atoms with van der Waals surface area (Å²) < 4.78 is 16.2. The second-order valence-corrected chi connectivity index (χ2v) is 7.09. The van der Waals surface area contributed by atoms with Crippen molar-refractivity contribution in [2.45, 2.75) is 32.6 Å². The number of hydrogen-bond donors (Lipinski definition) is 0. The van der Waals surface area contributed by atoms with Gasteiger partial charge in [-0.3, -0.25) is 9.59 Å². The Bertz CT molecular complexity index is 628. The van der Waals surface area contributed by atoms with Crippen LogP contribution in [0.4, 0.5) is 0 Å². The van der Waals surface area contributed by atoms with Crippen LogP contribution in [0.3, 0.4) is 0 Å². The van der Waals surface area contributed by atoms with E-state index in [1.165, 1.54) is 0 Å². The summed E-state index contributed by atoms with van der Waals surface area (Å²) >= 11 is 0. The van der Waals surface area contributed by atoms with Crippen LogP contribution in [-0.2, 0) is 14.3 Å². The van der Waals surface area contributed by atoms with E-state index in [0.717, 1.165) is 38.9 Å². The van der Waals surface area contributed by atoms with Gasteiger partial charge in [-0.15, -0.1) is 0 Å². The first-order valence-electron chi connectivity index (χ1n) is 9.80. The Hall–Kier alpha value is -2.15. The van der Waals surface area contributed by atoms with E-state index in [4.69, 9.17) is 14.2 Å². The molecule has 7 nitrogen and oxygen atoms in total. The van der Waals surface area contributed by atoms with E-state index in [0.29, 0.717) is 43.7 Å². The maximum atomic E-state index is 12.7. The summed E-state index contributed by atoms with van der Waals surface area (Å²) in [5.74, 6) is 0.464. The molecule has 2 aliphatic rings. The average Bonchev–Trinajstić information content (AvgIpc) is 2.73. The molecule has 0 aromatic carbocycles. The molecule has 2 fully saturated rings. The fourth-order valence-corrected chi connectivity index (χ4v) is 3.51. The number of pyridine rings is 1. The number of likely N-dealkylation sites (tertiary alicyclic amines) is 1. The number of amides is 1. The molecule has 0 aliphatic carbocycles. The van der Waals surface area contributed by atoms with Crippen molar-refractivity contribution in [3.8, 4) is 5.88 Å². The summed E-state index contributed by atoms with van der Waals surface area (Å²) in [4.78, 5) is 30.7. The van der Waals surface area contributed by atoms with Gasteiger partial charge in [0.25, 0.3) is 5.91 Å². The molecule has 1 aromatic rings. The van der Waals surface area contributed by atoms with Gasteiger partial charge in [-0.2, -0.15) is 0 Å². The number of carbonyl (C=O) groups is 2. The van der Waals surface area contributed by atoms with Gasteiger partial charge >= 0.3 is 5.97 Å². The number of aromatic nitrogens is 1. The van der Waals surface area contributed by atoms with E-state index in [1.807, 2.05) is 0 Å². The predicted octanol–water partition coefficient (Wildman–Crippen LogP) is 2.30. The van der Waals surface area contributed by atoms with Gasteiger partial charge in [0.05, 0.1) is 24.7 Å². The van der Waals surface area contributed by atoms with Crippen molar-refractivity contribution in [3.05, 3.63) is 23.9 Å². The van der Waals surface area contributed by atoms with Crippen LogP contribution in [0.1, 0.15) is 43.0 Å². The topological polar surface area (TPSA) is 78.0 Å². The molecule has 148 valence electrons. The Morgan fingerprint density at radius 1 is 1.26 bits per heavy atom. The first-order chi connectivity index (χ1) is 13.2. The summed E-state index contributed by atoms with van der Waals surface area (Å²) in [6.07, 6.45) is 5.13. The molecule has 0 saturated carbocycles. The molecular weight excluding hydrogens is 348 g/mol. The Labute approximate surface area is 160 Å². The average molecular weight is 376 g/mol. The van der Waals surface area contributed by atoms with Crippen LogP contribution in [0.5, 0.6) is 5.88 Å². The van der Waals surface area contributed by atoms with Crippen molar-refractivity contribution in [1.82, 2.24) is 9.88 Å². The maximum Gasteiger partial charge on any atom is 0.310 e. The summed E-state index contributed by atoms with van der Waals surface area (Å²) in [6.45, 7) is 5.41. The molecule has 3 rings (SSSR count). The molecule has 1 aromatic heterocycles. The minimum atomic E-state index is -0.238. The lowest BCUT2D eigenvalue weighted by atomic mass is 9.97. The first kappa shape index (κ1) is 19.6. The molecule has 0 bridgehead atoms. The number of carbonyl (C=O) groups excluding carboxylic acids is 2. The normalized spacial score (nSPS) is 20.9. The fraction of sp³-hybridized carbons (Fsp3) is 0.650. The molecule has 7 heteroatoms. The molecule has 0 radical (unpaired) electrons. The highest BCUT2D eigenvalue weighted by atomic mass is 16.5. The Morgan fingerprint density at radius 2 is 2.07 bits per heavy atom. The molecule has 1 unspecified atom stereocenters. The van der Waals surface area contributed by atoms with Crippen LogP contribution in [-0.4, -0.2) is 61.3 Å². The van der Waals surface area contributed by atoms with Gasteiger partial charge < -0.3 is 19.1 Å². The van der Waals surface area contributed by atoms with Crippen LogP contribution in [0.2, 0.25) is 0 Å². The Kier molecular flexibility index (Phi) is 7.04. The van der Waals surface area contributed by atoms with Gasteiger partial charge in [-0.05, 0) is 44.6 Å². The van der Waals surface area contributed by atoms with Gasteiger partial charge in [0.1, 0.15) is 0 Å². The van der Waals surface area contributed by atoms with Crippen molar-refractivity contribution in [2.24, 2.45) is 11.8 Å². The third-order valence-electron chi connectivity index (χ3n) is 5.12. The maximum absolute atomic E-state index is 12.7. The summed E-state index contributed by atoms with van der Waals surface area (Å²) in [5.41, 5.74) is 0.512. The number of hydrogen-bond acceptors (Lipinski definition) is 6. The summed E-state index contributed by atoms with van der Waals surface area (Å²) in [5, 5.41) is 0. The Morgan fingerprint density at radius 3 is 2.78 bits per heavy atom. The lowest BCUT2D eigenvalue weighted by molar-refractivity contribution is -0.149. The molecule has 27 heavy (non-hydrogen) atoms. The zero-order chi connectivity index (χ0) is 19.1. The van der Waals surface area contributed by atoms with Crippen LogP contribution < -0.4 is 4.74 Å². The van der Waals surface area contributed by atoms with E-state index in [2.05, 4.69) is 4.98 Å². The van der Waals surface area contributed by atoms with Gasteiger partial charge in [0, 0.05) is 38.6 Å². The van der Waals surface area contributed by atoms with E-state index >= 15 is 0 Å². The lowest BCUT2D eigenvalue weighted by Gasteiger charge is -2.31. The van der Waals surface area contributed by atoms with E-state index < -0.39 is 0 Å². The second-order valence-electron chi connectivity index (χ2n) is 7.09. The monoisotopic (exact) mass is 376 g/mol. The van der Waals surface area contributed by atoms with Gasteiger partial charge in [0.15, 0.2) is 0 Å². The van der Waals surface area contributed by atoms with E-state index in [1.54, 1.807) is 30.2 Å². The minimum absolute atomic E-state index is 0.104. The van der Waals surface area contributed by atoms with E-state index in [9.17, 15) is 9.59 Å². The number of piperidine rings is 1. The largest absolute Gasteiger partial charge is 0.477 e. The number of rotatable bonds is 6. The molecule has 0 N–H and O–H groups in total. The fourth-order valence-electron chi connectivity index (χ4n) is 3.51. The van der Waals surface area contributed by atoms with E-state index in [-0.39, 0.29) is 17.8 Å². The summed E-state index contributed by atoms with van der Waals surface area (Å²) in [7, 11) is 0. The molecule has 3 heterocycles. The third kappa shape index (κ3) is 5.42. The van der Waals surface area contributed by atoms with Gasteiger partial charge in [-0.1, -0.05) is 0 Å². The van der Waals surface area contributed by atoms with Gasteiger partial charge in [0.2, 0.25) is 5.88 Å². The standard InChI is InChI=1S/C20H28N2O5/c1-2-26-20(24)17-4-3-9-22(13-17)19(23)16-5-6-18(21-12-16)27-14-15-7-10-25-11-8-15/h5-6,12,15,17H,2-4,7-11,13-14H2,1H3. The van der Waals surface area contributed by atoms with Crippen molar-refractivity contribution >= 4 is 11.9 Å². The SMILES string of the molecule is CCOC(=O)C1CCCN(C(=O)c2ccc(OCC3CCOCC3)nc2)C1. The quantitative estimate of drug-likeness (QED) is 0.709. The van der Waals surface area contributed by atoms with Crippen molar-refractivity contribution in [1.29, 1.82) is 0 Å². The number of ether oxygens (including phenoxy) is 3. The summed E-state index contributed by atoms with van der Waals surface area (Å²) in [6, 6.07) is 3.47. The Balaban J connectivity index is 1.52. The highest BCUT2D eigenvalue weighted by molar-refractivity contribution is 5.94. The van der Waals surface area contributed by atoms with Crippen LogP contribution in [0.25, 0.3) is 0 Å². The molecule has 0 spiro atoms.